The fourth-order valence-corrected chi connectivity index (χ4v) is 2.42. The summed E-state index contributed by atoms with van der Waals surface area (Å²) in [6.45, 7) is 4.01. The number of hydrogen-bond donors (Lipinski definition) is 1. The molecule has 0 aliphatic heterocycles. The number of aliphatic carboxylic acids is 1. The van der Waals surface area contributed by atoms with Crippen LogP contribution in [-0.4, -0.2) is 35.0 Å². The fourth-order valence-electron chi connectivity index (χ4n) is 2.42. The van der Waals surface area contributed by atoms with Crippen LogP contribution in [0.3, 0.4) is 0 Å². The Kier molecular flexibility index (Phi) is 4.71. The molecule has 1 aliphatic rings. The van der Waals surface area contributed by atoms with E-state index >= 15 is 0 Å². The molecule has 0 radical (unpaired) electrons. The second-order valence-electron chi connectivity index (χ2n) is 4.98. The number of carboxylic acids is 1. The second kappa shape index (κ2) is 5.85. The highest BCUT2D eigenvalue weighted by Gasteiger charge is 2.44. The van der Waals surface area contributed by atoms with E-state index in [1.807, 2.05) is 6.92 Å². The van der Waals surface area contributed by atoms with Crippen LogP contribution in [0.2, 0.25) is 0 Å². The monoisotopic (exact) mass is 252 g/mol. The van der Waals surface area contributed by atoms with Gasteiger partial charge < -0.3 is 10.0 Å². The van der Waals surface area contributed by atoms with Crippen LogP contribution in [0, 0.1) is 22.7 Å². The predicted octanol–water partition coefficient (Wildman–Crippen LogP) is 1.64. The maximum atomic E-state index is 12.4. The van der Waals surface area contributed by atoms with Gasteiger partial charge in [-0.25, -0.2) is 0 Å². The summed E-state index contributed by atoms with van der Waals surface area (Å²) in [7, 11) is 0. The number of carboxylic acid groups (broad SMARTS) is 1. The molecule has 1 fully saturated rings. The molecule has 0 aromatic rings. The summed E-state index contributed by atoms with van der Waals surface area (Å²) >= 11 is 0. The zero-order valence-corrected chi connectivity index (χ0v) is 11.0. The third-order valence-corrected chi connectivity index (χ3v) is 3.67. The average Bonchev–Trinajstić information content (AvgIpc) is 2.84. The van der Waals surface area contributed by atoms with Crippen LogP contribution in [0.1, 0.15) is 39.5 Å². The van der Waals surface area contributed by atoms with Crippen LogP contribution >= 0.6 is 0 Å². The zero-order chi connectivity index (χ0) is 13.8. The lowest BCUT2D eigenvalue weighted by atomic mass is 9.86. The molecule has 0 aromatic carbocycles. The van der Waals surface area contributed by atoms with Crippen molar-refractivity contribution < 1.29 is 14.7 Å². The number of carbonyl (C=O) groups is 2. The van der Waals surface area contributed by atoms with Gasteiger partial charge in [0.1, 0.15) is 5.41 Å². The summed E-state index contributed by atoms with van der Waals surface area (Å²) in [4.78, 5) is 24.7. The minimum absolute atomic E-state index is 0.175. The van der Waals surface area contributed by atoms with E-state index in [9.17, 15) is 14.9 Å². The summed E-state index contributed by atoms with van der Waals surface area (Å²) in [6.07, 6.45) is 2.98. The summed E-state index contributed by atoms with van der Waals surface area (Å²) in [6, 6.07) is 2.16. The van der Waals surface area contributed by atoms with Crippen LogP contribution in [0.5, 0.6) is 0 Å². The molecular formula is C13H20N2O3. The van der Waals surface area contributed by atoms with Gasteiger partial charge in [-0.05, 0) is 19.8 Å². The number of rotatable bonds is 5. The molecule has 0 aromatic heterocycles. The first-order chi connectivity index (χ1) is 8.46. The number of nitrogens with zero attached hydrogens (tertiary/aromatic N) is 2. The van der Waals surface area contributed by atoms with Gasteiger partial charge >= 0.3 is 5.97 Å². The summed E-state index contributed by atoms with van der Waals surface area (Å²) < 4.78 is 0. The van der Waals surface area contributed by atoms with Crippen molar-refractivity contribution in [2.24, 2.45) is 11.3 Å². The average molecular weight is 252 g/mol. The Labute approximate surface area is 107 Å². The molecule has 0 heterocycles. The van der Waals surface area contributed by atoms with Crippen molar-refractivity contribution in [3.63, 3.8) is 0 Å². The van der Waals surface area contributed by atoms with E-state index in [1.165, 1.54) is 4.90 Å². The van der Waals surface area contributed by atoms with Crippen LogP contribution in [0.15, 0.2) is 0 Å². The van der Waals surface area contributed by atoms with Crippen molar-refractivity contribution in [1.82, 2.24) is 4.90 Å². The molecule has 0 bridgehead atoms. The molecular weight excluding hydrogens is 232 g/mol. The van der Waals surface area contributed by atoms with Gasteiger partial charge in [-0.15, -0.1) is 0 Å². The zero-order valence-electron chi connectivity index (χ0n) is 11.0. The molecule has 100 valence electrons. The standard InChI is InChI=1S/C13H20N2O3/c1-3-15(8-10(2)11(16)17)12(18)13(9-14)6-4-5-7-13/h10H,3-8H2,1-2H3,(H,16,17)/t10-/m1/s1. The molecule has 0 spiro atoms. The Balaban J connectivity index is 2.79. The third-order valence-electron chi connectivity index (χ3n) is 3.67. The number of amides is 1. The van der Waals surface area contributed by atoms with Gasteiger partial charge in [-0.1, -0.05) is 19.8 Å². The van der Waals surface area contributed by atoms with E-state index < -0.39 is 17.3 Å². The van der Waals surface area contributed by atoms with E-state index in [0.29, 0.717) is 19.4 Å². The molecule has 1 amide bonds. The van der Waals surface area contributed by atoms with Crippen LogP contribution in [-0.2, 0) is 9.59 Å². The Morgan fingerprint density at radius 1 is 1.44 bits per heavy atom. The lowest BCUT2D eigenvalue weighted by molar-refractivity contribution is -0.145. The number of hydrogen-bond acceptors (Lipinski definition) is 3. The molecule has 1 N–H and O–H groups in total. The maximum absolute atomic E-state index is 12.4. The van der Waals surface area contributed by atoms with Crippen LogP contribution in [0.25, 0.3) is 0 Å². The lowest BCUT2D eigenvalue weighted by Crippen LogP contribution is -2.44. The van der Waals surface area contributed by atoms with Crippen LogP contribution in [0.4, 0.5) is 0 Å². The normalized spacial score (nSPS) is 18.9. The molecule has 1 saturated carbocycles. The summed E-state index contributed by atoms with van der Waals surface area (Å²) in [5.74, 6) is -1.72. The van der Waals surface area contributed by atoms with Crippen molar-refractivity contribution in [2.45, 2.75) is 39.5 Å². The highest BCUT2D eigenvalue weighted by Crippen LogP contribution is 2.39. The summed E-state index contributed by atoms with van der Waals surface area (Å²) in [5, 5.41) is 18.2. The molecule has 5 nitrogen and oxygen atoms in total. The van der Waals surface area contributed by atoms with Crippen molar-refractivity contribution in [3.05, 3.63) is 0 Å². The fraction of sp³-hybridized carbons (Fsp3) is 0.769. The first-order valence-electron chi connectivity index (χ1n) is 6.40. The van der Waals surface area contributed by atoms with Gasteiger partial charge in [0.15, 0.2) is 0 Å². The van der Waals surface area contributed by atoms with Gasteiger partial charge in [0, 0.05) is 13.1 Å². The van der Waals surface area contributed by atoms with Crippen LogP contribution < -0.4 is 0 Å². The van der Waals surface area contributed by atoms with Crippen molar-refractivity contribution in [3.8, 4) is 6.07 Å². The Bertz CT molecular complexity index is 367. The Morgan fingerprint density at radius 2 is 2.00 bits per heavy atom. The number of carbonyl (C=O) groups excluding carboxylic acids is 1. The highest BCUT2D eigenvalue weighted by atomic mass is 16.4. The van der Waals surface area contributed by atoms with Crippen molar-refractivity contribution in [2.75, 3.05) is 13.1 Å². The van der Waals surface area contributed by atoms with E-state index in [1.54, 1.807) is 6.92 Å². The smallest absolute Gasteiger partial charge is 0.308 e. The molecule has 0 saturated heterocycles. The van der Waals surface area contributed by atoms with E-state index in [4.69, 9.17) is 5.11 Å². The van der Waals surface area contributed by atoms with Gasteiger partial charge in [-0.3, -0.25) is 9.59 Å². The van der Waals surface area contributed by atoms with Gasteiger partial charge in [0.25, 0.3) is 0 Å². The minimum Gasteiger partial charge on any atom is -0.481 e. The highest BCUT2D eigenvalue weighted by molar-refractivity contribution is 5.86. The van der Waals surface area contributed by atoms with Crippen molar-refractivity contribution in [1.29, 1.82) is 5.26 Å². The second-order valence-corrected chi connectivity index (χ2v) is 4.98. The molecule has 0 unspecified atom stereocenters. The third kappa shape index (κ3) is 2.81. The van der Waals surface area contributed by atoms with Gasteiger partial charge in [-0.2, -0.15) is 5.26 Å². The topological polar surface area (TPSA) is 81.4 Å². The molecule has 1 aliphatic carbocycles. The molecule has 5 heteroatoms. The van der Waals surface area contributed by atoms with Gasteiger partial charge in [0.05, 0.1) is 12.0 Å². The Morgan fingerprint density at radius 3 is 2.39 bits per heavy atom. The largest absolute Gasteiger partial charge is 0.481 e. The predicted molar refractivity (Wildman–Crippen MR) is 65.6 cm³/mol. The minimum atomic E-state index is -0.918. The van der Waals surface area contributed by atoms with Crippen molar-refractivity contribution >= 4 is 11.9 Å². The summed E-state index contributed by atoms with van der Waals surface area (Å²) in [5.41, 5.74) is -0.908. The van der Waals surface area contributed by atoms with E-state index in [-0.39, 0.29) is 12.5 Å². The lowest BCUT2D eigenvalue weighted by Gasteiger charge is -2.30. The first kappa shape index (κ1) is 14.5. The maximum Gasteiger partial charge on any atom is 0.308 e. The SMILES string of the molecule is CCN(C[C@@H](C)C(=O)O)C(=O)C1(C#N)CCCC1. The van der Waals surface area contributed by atoms with Gasteiger partial charge in [0.2, 0.25) is 5.91 Å². The quantitative estimate of drug-likeness (QED) is 0.806. The number of nitriles is 1. The first-order valence-corrected chi connectivity index (χ1v) is 6.40. The van der Waals surface area contributed by atoms with E-state index in [0.717, 1.165) is 12.8 Å². The molecule has 1 rings (SSSR count). The molecule has 18 heavy (non-hydrogen) atoms. The van der Waals surface area contributed by atoms with E-state index in [2.05, 4.69) is 6.07 Å². The molecule has 1 atom stereocenters. The Hall–Kier alpha value is -1.57.